The van der Waals surface area contributed by atoms with E-state index in [4.69, 9.17) is 14.2 Å². The molecule has 0 atom stereocenters. The van der Waals surface area contributed by atoms with Gasteiger partial charge in [0.05, 0.1) is 14.2 Å². The molecule has 1 aromatic heterocycles. The molecule has 0 bridgehead atoms. The molecule has 1 aliphatic heterocycles. The highest BCUT2D eigenvalue weighted by Gasteiger charge is 2.21. The van der Waals surface area contributed by atoms with Crippen molar-refractivity contribution < 1.29 is 18.8 Å². The first-order chi connectivity index (χ1) is 14.5. The minimum atomic E-state index is 0.673. The zero-order valence-corrected chi connectivity index (χ0v) is 18.0. The molecule has 4 nitrogen and oxygen atoms in total. The number of aryl methyl sites for hydroxylation is 3. The minimum absolute atomic E-state index is 0.673. The molecule has 0 aliphatic carbocycles. The molecule has 0 fully saturated rings. The van der Waals surface area contributed by atoms with E-state index in [1.165, 1.54) is 11.1 Å². The molecule has 4 heteroatoms. The van der Waals surface area contributed by atoms with Gasteiger partial charge in [0.25, 0.3) is 0 Å². The molecule has 30 heavy (non-hydrogen) atoms. The van der Waals surface area contributed by atoms with Gasteiger partial charge in [0.15, 0.2) is 23.9 Å². The fourth-order valence-electron chi connectivity index (χ4n) is 3.77. The van der Waals surface area contributed by atoms with Crippen LogP contribution in [0.5, 0.6) is 17.2 Å². The number of benzene rings is 2. The number of hydrogen-bond acceptors (Lipinski definition) is 3. The van der Waals surface area contributed by atoms with Gasteiger partial charge in [-0.3, -0.25) is 0 Å². The number of aromatic nitrogens is 1. The average Bonchev–Trinajstić information content (AvgIpc) is 2.74. The normalized spacial score (nSPS) is 14.0. The Bertz CT molecular complexity index is 1160. The number of ether oxygens (including phenoxy) is 3. The molecule has 2 heterocycles. The van der Waals surface area contributed by atoms with Crippen molar-refractivity contribution in [3.63, 3.8) is 0 Å². The van der Waals surface area contributed by atoms with E-state index in [-0.39, 0.29) is 0 Å². The van der Waals surface area contributed by atoms with Crippen molar-refractivity contribution in [2.45, 2.75) is 13.8 Å². The quantitative estimate of drug-likeness (QED) is 0.570. The van der Waals surface area contributed by atoms with Crippen molar-refractivity contribution in [3.8, 4) is 17.2 Å². The third kappa shape index (κ3) is 3.81. The van der Waals surface area contributed by atoms with Crippen LogP contribution >= 0.6 is 0 Å². The van der Waals surface area contributed by atoms with Gasteiger partial charge in [-0.05, 0) is 72.5 Å². The molecule has 0 saturated carbocycles. The Kier molecular flexibility index (Phi) is 5.32. The van der Waals surface area contributed by atoms with Crippen molar-refractivity contribution in [2.24, 2.45) is 7.05 Å². The van der Waals surface area contributed by atoms with Crippen LogP contribution in [0.25, 0.3) is 17.4 Å². The van der Waals surface area contributed by atoms with Gasteiger partial charge in [0, 0.05) is 23.3 Å². The molecule has 2 aromatic carbocycles. The van der Waals surface area contributed by atoms with E-state index < -0.39 is 0 Å². The SMILES string of the molecule is COc1ccc(C2=C/C(=C\c3cc[n+](C)cc3)c3c(C)cc(C)cc3O2)cc1OC. The molecule has 0 saturated heterocycles. The first kappa shape index (κ1) is 19.8. The summed E-state index contributed by atoms with van der Waals surface area (Å²) in [5, 5.41) is 0. The van der Waals surface area contributed by atoms with Gasteiger partial charge in [-0.1, -0.05) is 6.07 Å². The second-order valence-corrected chi connectivity index (χ2v) is 7.53. The molecule has 0 unspecified atom stereocenters. The summed E-state index contributed by atoms with van der Waals surface area (Å²) in [4.78, 5) is 0. The zero-order chi connectivity index (χ0) is 21.3. The lowest BCUT2D eigenvalue weighted by molar-refractivity contribution is -0.671. The largest absolute Gasteiger partial charge is 0.493 e. The van der Waals surface area contributed by atoms with E-state index >= 15 is 0 Å². The average molecular weight is 400 g/mol. The third-order valence-corrected chi connectivity index (χ3v) is 5.23. The molecule has 0 spiro atoms. The summed E-state index contributed by atoms with van der Waals surface area (Å²) in [5.74, 6) is 3.01. The fourth-order valence-corrected chi connectivity index (χ4v) is 3.77. The lowest BCUT2D eigenvalue weighted by Gasteiger charge is -2.23. The molecule has 152 valence electrons. The highest BCUT2D eigenvalue weighted by Crippen LogP contribution is 2.41. The number of pyridine rings is 1. The van der Waals surface area contributed by atoms with Crippen LogP contribution in [0.15, 0.2) is 60.9 Å². The number of hydrogen-bond donors (Lipinski definition) is 0. The van der Waals surface area contributed by atoms with Crippen LogP contribution in [0, 0.1) is 13.8 Å². The topological polar surface area (TPSA) is 31.6 Å². The lowest BCUT2D eigenvalue weighted by atomic mass is 9.92. The third-order valence-electron chi connectivity index (χ3n) is 5.23. The maximum absolute atomic E-state index is 6.36. The summed E-state index contributed by atoms with van der Waals surface area (Å²) in [6.45, 7) is 4.22. The van der Waals surface area contributed by atoms with Crippen molar-refractivity contribution in [3.05, 3.63) is 88.8 Å². The Morgan fingerprint density at radius 2 is 1.63 bits per heavy atom. The summed E-state index contributed by atoms with van der Waals surface area (Å²) in [6, 6.07) is 14.3. The fraction of sp³-hybridized carbons (Fsp3) is 0.192. The number of methoxy groups -OCH3 is 2. The van der Waals surface area contributed by atoms with Crippen LogP contribution in [-0.4, -0.2) is 14.2 Å². The Morgan fingerprint density at radius 1 is 0.900 bits per heavy atom. The summed E-state index contributed by atoms with van der Waals surface area (Å²) in [6.07, 6.45) is 8.39. The van der Waals surface area contributed by atoms with Gasteiger partial charge in [-0.2, -0.15) is 0 Å². The highest BCUT2D eigenvalue weighted by molar-refractivity contribution is 5.97. The van der Waals surface area contributed by atoms with Gasteiger partial charge in [0.2, 0.25) is 0 Å². The monoisotopic (exact) mass is 400 g/mol. The molecular formula is C26H26NO3+. The molecule has 3 aromatic rings. The molecule has 1 aliphatic rings. The summed E-state index contributed by atoms with van der Waals surface area (Å²) < 4.78 is 19.2. The highest BCUT2D eigenvalue weighted by atomic mass is 16.5. The Hall–Kier alpha value is -3.53. The van der Waals surface area contributed by atoms with Gasteiger partial charge >= 0.3 is 0 Å². The van der Waals surface area contributed by atoms with Gasteiger partial charge in [-0.25, -0.2) is 4.57 Å². The van der Waals surface area contributed by atoms with Crippen LogP contribution in [-0.2, 0) is 7.05 Å². The molecular weight excluding hydrogens is 374 g/mol. The van der Waals surface area contributed by atoms with E-state index in [0.717, 1.165) is 33.8 Å². The Labute approximate surface area is 177 Å². The van der Waals surface area contributed by atoms with E-state index in [0.29, 0.717) is 11.5 Å². The molecule has 0 N–H and O–H groups in total. The number of allylic oxidation sites excluding steroid dienone is 2. The number of nitrogens with zero attached hydrogens (tertiary/aromatic N) is 1. The van der Waals surface area contributed by atoms with Crippen molar-refractivity contribution >= 4 is 17.4 Å². The van der Waals surface area contributed by atoms with E-state index in [1.54, 1.807) is 14.2 Å². The lowest BCUT2D eigenvalue weighted by Crippen LogP contribution is -2.25. The molecule has 0 amide bonds. The number of rotatable bonds is 4. The van der Waals surface area contributed by atoms with Gasteiger partial charge in [-0.15, -0.1) is 0 Å². The summed E-state index contributed by atoms with van der Waals surface area (Å²) in [7, 11) is 5.29. The second kappa shape index (κ2) is 8.07. The number of fused-ring (bicyclic) bond motifs is 1. The maximum Gasteiger partial charge on any atom is 0.169 e. The van der Waals surface area contributed by atoms with Gasteiger partial charge in [0.1, 0.15) is 18.6 Å². The smallest absolute Gasteiger partial charge is 0.169 e. The Morgan fingerprint density at radius 3 is 2.33 bits per heavy atom. The zero-order valence-electron chi connectivity index (χ0n) is 18.0. The van der Waals surface area contributed by atoms with E-state index in [2.05, 4.69) is 50.3 Å². The minimum Gasteiger partial charge on any atom is -0.493 e. The standard InChI is InChI=1S/C26H26NO3/c1-17-12-18(2)26-21(14-19-8-10-27(3)11-9-19)16-23(30-25(26)13-17)20-6-7-22(28-4)24(15-20)29-5/h6-16H,1-5H3/q+1/b21-14+. The van der Waals surface area contributed by atoms with Crippen molar-refractivity contribution in [2.75, 3.05) is 14.2 Å². The second-order valence-electron chi connectivity index (χ2n) is 7.53. The van der Waals surface area contributed by atoms with Gasteiger partial charge < -0.3 is 14.2 Å². The van der Waals surface area contributed by atoms with Crippen molar-refractivity contribution in [1.82, 2.24) is 0 Å². The summed E-state index contributed by atoms with van der Waals surface area (Å²) >= 11 is 0. The van der Waals surface area contributed by atoms with Crippen molar-refractivity contribution in [1.29, 1.82) is 0 Å². The molecule has 4 rings (SSSR count). The molecule has 0 radical (unpaired) electrons. The predicted octanol–water partition coefficient (Wildman–Crippen LogP) is 5.12. The van der Waals surface area contributed by atoms with Crippen LogP contribution < -0.4 is 18.8 Å². The maximum atomic E-state index is 6.36. The summed E-state index contributed by atoms with van der Waals surface area (Å²) in [5.41, 5.74) is 6.68. The van der Waals surface area contributed by atoms with Crippen LogP contribution in [0.3, 0.4) is 0 Å². The van der Waals surface area contributed by atoms with Crippen LogP contribution in [0.1, 0.15) is 27.8 Å². The first-order valence-electron chi connectivity index (χ1n) is 9.89. The van der Waals surface area contributed by atoms with E-state index in [1.807, 2.05) is 42.2 Å². The van der Waals surface area contributed by atoms with E-state index in [9.17, 15) is 0 Å². The first-order valence-corrected chi connectivity index (χ1v) is 9.89. The Balaban J connectivity index is 1.87. The van der Waals surface area contributed by atoms with Crippen LogP contribution in [0.4, 0.5) is 0 Å². The predicted molar refractivity (Wildman–Crippen MR) is 120 cm³/mol. The van der Waals surface area contributed by atoms with Crippen LogP contribution in [0.2, 0.25) is 0 Å².